The van der Waals surface area contributed by atoms with Crippen LogP contribution in [0.25, 0.3) is 6.08 Å². The average Bonchev–Trinajstić information content (AvgIpc) is 2.89. The lowest BCUT2D eigenvalue weighted by Gasteiger charge is -2.36. The van der Waals surface area contributed by atoms with E-state index in [0.29, 0.717) is 19.5 Å². The van der Waals surface area contributed by atoms with Crippen LogP contribution < -0.4 is 15.0 Å². The number of rotatable bonds is 7. The minimum absolute atomic E-state index is 0.145. The lowest BCUT2D eigenvalue weighted by molar-refractivity contribution is -0.130. The van der Waals surface area contributed by atoms with E-state index in [0.717, 1.165) is 41.3 Å². The van der Waals surface area contributed by atoms with Crippen LogP contribution in [-0.4, -0.2) is 50.0 Å². The highest BCUT2D eigenvalue weighted by Crippen LogP contribution is 2.20. The highest BCUT2D eigenvalue weighted by Gasteiger charge is 2.21. The second kappa shape index (κ2) is 11.2. The molecule has 0 spiro atoms. The van der Waals surface area contributed by atoms with Crippen LogP contribution in [0.1, 0.15) is 11.1 Å². The first-order chi connectivity index (χ1) is 16.6. The van der Waals surface area contributed by atoms with Crippen molar-refractivity contribution in [1.29, 1.82) is 0 Å². The first-order valence-electron chi connectivity index (χ1n) is 11.4. The van der Waals surface area contributed by atoms with Gasteiger partial charge in [-0.2, -0.15) is 0 Å². The number of methoxy groups -OCH3 is 1. The molecular formula is C28H29N3O3. The van der Waals surface area contributed by atoms with Crippen LogP contribution in [0.15, 0.2) is 84.9 Å². The molecule has 6 nitrogen and oxygen atoms in total. The largest absolute Gasteiger partial charge is 0.497 e. The number of carbonyl (C=O) groups excluding carboxylic acids is 2. The van der Waals surface area contributed by atoms with Gasteiger partial charge in [-0.1, -0.05) is 42.5 Å². The average molecular weight is 456 g/mol. The first-order valence-corrected chi connectivity index (χ1v) is 11.4. The Bertz CT molecular complexity index is 1120. The Hall–Kier alpha value is -4.06. The van der Waals surface area contributed by atoms with E-state index in [1.807, 2.05) is 83.8 Å². The third kappa shape index (κ3) is 6.25. The topological polar surface area (TPSA) is 61.9 Å². The van der Waals surface area contributed by atoms with E-state index in [9.17, 15) is 9.59 Å². The zero-order valence-electron chi connectivity index (χ0n) is 19.3. The Balaban J connectivity index is 1.25. The van der Waals surface area contributed by atoms with Gasteiger partial charge in [0.15, 0.2) is 0 Å². The van der Waals surface area contributed by atoms with Gasteiger partial charge in [0.25, 0.3) is 0 Å². The van der Waals surface area contributed by atoms with E-state index in [4.69, 9.17) is 4.74 Å². The SMILES string of the molecule is COc1ccc(CC(=O)N2CCN(c3ccc(NC(=O)/C=C/c4ccccc4)cc3)CC2)cc1. The first kappa shape index (κ1) is 23.1. The molecule has 3 aromatic carbocycles. The summed E-state index contributed by atoms with van der Waals surface area (Å²) in [5.74, 6) is 0.770. The van der Waals surface area contributed by atoms with Crippen molar-refractivity contribution in [2.45, 2.75) is 6.42 Å². The van der Waals surface area contributed by atoms with Crippen LogP contribution in [-0.2, 0) is 16.0 Å². The maximum absolute atomic E-state index is 12.7. The minimum Gasteiger partial charge on any atom is -0.497 e. The monoisotopic (exact) mass is 455 g/mol. The van der Waals surface area contributed by atoms with Gasteiger partial charge in [0.05, 0.1) is 13.5 Å². The van der Waals surface area contributed by atoms with Crippen LogP contribution in [0.4, 0.5) is 11.4 Å². The summed E-state index contributed by atoms with van der Waals surface area (Å²) >= 11 is 0. The molecule has 2 amide bonds. The second-order valence-corrected chi connectivity index (χ2v) is 8.17. The zero-order valence-corrected chi connectivity index (χ0v) is 19.3. The van der Waals surface area contributed by atoms with Crippen molar-refractivity contribution in [3.63, 3.8) is 0 Å². The Kier molecular flexibility index (Phi) is 7.60. The zero-order chi connectivity index (χ0) is 23.8. The Labute approximate surface area is 200 Å². The second-order valence-electron chi connectivity index (χ2n) is 8.17. The highest BCUT2D eigenvalue weighted by atomic mass is 16.5. The van der Waals surface area contributed by atoms with Gasteiger partial charge < -0.3 is 19.9 Å². The molecule has 1 fully saturated rings. The van der Waals surface area contributed by atoms with Gasteiger partial charge in [-0.15, -0.1) is 0 Å². The number of benzene rings is 3. The molecule has 1 saturated heterocycles. The summed E-state index contributed by atoms with van der Waals surface area (Å²) in [6.07, 6.45) is 3.72. The summed E-state index contributed by atoms with van der Waals surface area (Å²) in [6.45, 7) is 2.94. The molecular weight excluding hydrogens is 426 g/mol. The third-order valence-electron chi connectivity index (χ3n) is 5.87. The molecule has 34 heavy (non-hydrogen) atoms. The standard InChI is InChI=1S/C28H29N3O3/c1-34-26-14-7-23(8-15-26)21-28(33)31-19-17-30(18-20-31)25-12-10-24(11-13-25)29-27(32)16-9-22-5-3-2-4-6-22/h2-16H,17-21H2,1H3,(H,29,32)/b16-9+. The summed E-state index contributed by atoms with van der Waals surface area (Å²) in [6, 6.07) is 25.2. The van der Waals surface area contributed by atoms with Gasteiger partial charge in [0.1, 0.15) is 5.75 Å². The van der Waals surface area contributed by atoms with Crippen LogP contribution in [0, 0.1) is 0 Å². The molecule has 174 valence electrons. The molecule has 1 heterocycles. The van der Waals surface area contributed by atoms with E-state index < -0.39 is 0 Å². The van der Waals surface area contributed by atoms with E-state index >= 15 is 0 Å². The molecule has 0 atom stereocenters. The lowest BCUT2D eigenvalue weighted by atomic mass is 10.1. The predicted molar refractivity (Wildman–Crippen MR) is 136 cm³/mol. The van der Waals surface area contributed by atoms with Crippen LogP contribution >= 0.6 is 0 Å². The van der Waals surface area contributed by atoms with Crippen molar-refractivity contribution in [3.8, 4) is 5.75 Å². The van der Waals surface area contributed by atoms with Gasteiger partial charge in [0, 0.05) is 43.6 Å². The van der Waals surface area contributed by atoms with E-state index in [2.05, 4.69) is 10.2 Å². The van der Waals surface area contributed by atoms with Crippen molar-refractivity contribution < 1.29 is 14.3 Å². The molecule has 1 aliphatic heterocycles. The normalized spacial score (nSPS) is 13.7. The van der Waals surface area contributed by atoms with E-state index in [-0.39, 0.29) is 11.8 Å². The molecule has 0 unspecified atom stereocenters. The van der Waals surface area contributed by atoms with Crippen LogP contribution in [0.2, 0.25) is 0 Å². The number of carbonyl (C=O) groups is 2. The van der Waals surface area contributed by atoms with Crippen LogP contribution in [0.3, 0.4) is 0 Å². The number of piperazine rings is 1. The molecule has 0 bridgehead atoms. The molecule has 4 rings (SSSR count). The quantitative estimate of drug-likeness (QED) is 0.542. The van der Waals surface area contributed by atoms with Crippen molar-refractivity contribution in [3.05, 3.63) is 96.1 Å². The number of hydrogen-bond acceptors (Lipinski definition) is 4. The van der Waals surface area contributed by atoms with Gasteiger partial charge in [-0.3, -0.25) is 9.59 Å². The number of amides is 2. The minimum atomic E-state index is -0.166. The Morgan fingerprint density at radius 2 is 1.56 bits per heavy atom. The van der Waals surface area contributed by atoms with Gasteiger partial charge in [-0.25, -0.2) is 0 Å². The fourth-order valence-electron chi connectivity index (χ4n) is 3.92. The summed E-state index contributed by atoms with van der Waals surface area (Å²) in [5, 5.41) is 2.89. The van der Waals surface area contributed by atoms with E-state index in [1.165, 1.54) is 6.08 Å². The highest BCUT2D eigenvalue weighted by molar-refractivity contribution is 6.02. The summed E-state index contributed by atoms with van der Waals surface area (Å²) in [4.78, 5) is 29.1. The maximum atomic E-state index is 12.7. The lowest BCUT2D eigenvalue weighted by Crippen LogP contribution is -2.49. The number of hydrogen-bond donors (Lipinski definition) is 1. The fourth-order valence-corrected chi connectivity index (χ4v) is 3.92. The van der Waals surface area contributed by atoms with Crippen molar-refractivity contribution in [1.82, 2.24) is 4.90 Å². The van der Waals surface area contributed by atoms with Crippen LogP contribution in [0.5, 0.6) is 5.75 Å². The molecule has 0 radical (unpaired) electrons. The van der Waals surface area contributed by atoms with Gasteiger partial charge >= 0.3 is 0 Å². The van der Waals surface area contributed by atoms with Crippen molar-refractivity contribution in [2.24, 2.45) is 0 Å². The van der Waals surface area contributed by atoms with Gasteiger partial charge in [0.2, 0.25) is 11.8 Å². The Morgan fingerprint density at radius 3 is 2.21 bits per heavy atom. The molecule has 0 aromatic heterocycles. The smallest absolute Gasteiger partial charge is 0.248 e. The molecule has 1 aliphatic rings. The molecule has 6 heteroatoms. The molecule has 0 saturated carbocycles. The van der Waals surface area contributed by atoms with Gasteiger partial charge in [-0.05, 0) is 53.6 Å². The fraction of sp³-hybridized carbons (Fsp3) is 0.214. The van der Waals surface area contributed by atoms with E-state index in [1.54, 1.807) is 13.2 Å². The number of ether oxygens (including phenoxy) is 1. The summed E-state index contributed by atoms with van der Waals surface area (Å²) in [7, 11) is 1.63. The number of nitrogens with zero attached hydrogens (tertiary/aromatic N) is 2. The Morgan fingerprint density at radius 1 is 0.882 bits per heavy atom. The number of anilines is 2. The maximum Gasteiger partial charge on any atom is 0.248 e. The molecule has 0 aliphatic carbocycles. The molecule has 1 N–H and O–H groups in total. The number of nitrogens with one attached hydrogen (secondary N) is 1. The molecule has 3 aromatic rings. The summed E-state index contributed by atoms with van der Waals surface area (Å²) in [5.41, 5.74) is 3.80. The predicted octanol–water partition coefficient (Wildman–Crippen LogP) is 4.24. The summed E-state index contributed by atoms with van der Waals surface area (Å²) < 4.78 is 5.17. The third-order valence-corrected chi connectivity index (χ3v) is 5.87. The van der Waals surface area contributed by atoms with Crippen molar-refractivity contribution >= 4 is 29.3 Å². The van der Waals surface area contributed by atoms with Crippen molar-refractivity contribution in [2.75, 3.05) is 43.5 Å².